The van der Waals surface area contributed by atoms with Crippen LogP contribution in [0.1, 0.15) is 16.8 Å². The molecule has 130 valence electrons. The van der Waals surface area contributed by atoms with Gasteiger partial charge in [-0.15, -0.1) is 0 Å². The molecule has 1 unspecified atom stereocenters. The highest BCUT2D eigenvalue weighted by Gasteiger charge is 2.32. The van der Waals surface area contributed by atoms with Crippen LogP contribution in [0.4, 0.5) is 5.69 Å². The number of anilines is 1. The number of rotatable bonds is 5. The molecule has 3 rings (SSSR count). The number of hydrogen-bond donors (Lipinski definition) is 1. The molecular weight excluding hydrogens is 320 g/mol. The van der Waals surface area contributed by atoms with Gasteiger partial charge in [-0.2, -0.15) is 0 Å². The van der Waals surface area contributed by atoms with E-state index >= 15 is 0 Å². The number of ether oxygens (including phenoxy) is 2. The topological polar surface area (TPSA) is 67.9 Å². The van der Waals surface area contributed by atoms with Gasteiger partial charge in [0.2, 0.25) is 5.91 Å². The van der Waals surface area contributed by atoms with Crippen LogP contribution in [0.2, 0.25) is 0 Å². The fourth-order valence-corrected chi connectivity index (χ4v) is 2.92. The van der Waals surface area contributed by atoms with Gasteiger partial charge in [0.25, 0.3) is 5.91 Å². The molecule has 1 atom stereocenters. The highest BCUT2D eigenvalue weighted by atomic mass is 16.5. The number of para-hydroxylation sites is 1. The van der Waals surface area contributed by atoms with Gasteiger partial charge in [0.15, 0.2) is 0 Å². The number of nitrogens with zero attached hydrogens (tertiary/aromatic N) is 1. The van der Waals surface area contributed by atoms with Crippen molar-refractivity contribution in [1.29, 1.82) is 0 Å². The number of methoxy groups -OCH3 is 2. The SMILES string of the molecule is COc1ccc(OC)c(C(=O)NC2CC(=O)N(c3ccccc3)C2)c1. The summed E-state index contributed by atoms with van der Waals surface area (Å²) in [7, 11) is 3.05. The van der Waals surface area contributed by atoms with Gasteiger partial charge < -0.3 is 19.7 Å². The van der Waals surface area contributed by atoms with Crippen molar-refractivity contribution in [2.45, 2.75) is 12.5 Å². The molecule has 1 aliphatic rings. The largest absolute Gasteiger partial charge is 0.497 e. The number of carbonyl (C=O) groups is 2. The molecule has 0 radical (unpaired) electrons. The number of hydrogen-bond acceptors (Lipinski definition) is 4. The lowest BCUT2D eigenvalue weighted by atomic mass is 10.1. The molecule has 2 aromatic rings. The van der Waals surface area contributed by atoms with Crippen molar-refractivity contribution in [3.05, 3.63) is 54.1 Å². The van der Waals surface area contributed by atoms with Gasteiger partial charge in [0.05, 0.1) is 25.8 Å². The van der Waals surface area contributed by atoms with Gasteiger partial charge in [-0.25, -0.2) is 0 Å². The number of benzene rings is 2. The summed E-state index contributed by atoms with van der Waals surface area (Å²) in [5.74, 6) is 0.736. The second-order valence-corrected chi connectivity index (χ2v) is 5.78. The molecule has 2 aromatic carbocycles. The van der Waals surface area contributed by atoms with Crippen LogP contribution in [0, 0.1) is 0 Å². The molecule has 2 amide bonds. The Balaban J connectivity index is 1.73. The van der Waals surface area contributed by atoms with Crippen LogP contribution in [0.15, 0.2) is 48.5 Å². The summed E-state index contributed by atoms with van der Waals surface area (Å²) in [6.07, 6.45) is 0.271. The Hall–Kier alpha value is -3.02. The average molecular weight is 340 g/mol. The molecule has 1 saturated heterocycles. The number of nitrogens with one attached hydrogen (secondary N) is 1. The molecule has 0 spiro atoms. The van der Waals surface area contributed by atoms with E-state index in [2.05, 4.69) is 5.32 Å². The first-order valence-corrected chi connectivity index (χ1v) is 8.00. The maximum absolute atomic E-state index is 12.6. The molecule has 0 saturated carbocycles. The van der Waals surface area contributed by atoms with Gasteiger partial charge in [-0.05, 0) is 30.3 Å². The first kappa shape index (κ1) is 16.8. The summed E-state index contributed by atoms with van der Waals surface area (Å²) in [4.78, 5) is 26.6. The Kier molecular flexibility index (Phi) is 4.88. The highest BCUT2D eigenvalue weighted by Crippen LogP contribution is 2.25. The zero-order chi connectivity index (χ0) is 17.8. The molecule has 1 aliphatic heterocycles. The van der Waals surface area contributed by atoms with Gasteiger partial charge in [-0.1, -0.05) is 18.2 Å². The van der Waals surface area contributed by atoms with Crippen molar-refractivity contribution < 1.29 is 19.1 Å². The lowest BCUT2D eigenvalue weighted by Gasteiger charge is -2.17. The van der Waals surface area contributed by atoms with Crippen molar-refractivity contribution in [3.63, 3.8) is 0 Å². The molecule has 1 heterocycles. The van der Waals surface area contributed by atoms with Gasteiger partial charge in [-0.3, -0.25) is 9.59 Å². The fourth-order valence-electron chi connectivity index (χ4n) is 2.92. The third-order valence-electron chi connectivity index (χ3n) is 4.18. The minimum absolute atomic E-state index is 0.00546. The van der Waals surface area contributed by atoms with E-state index in [9.17, 15) is 9.59 Å². The van der Waals surface area contributed by atoms with E-state index in [1.807, 2.05) is 30.3 Å². The zero-order valence-electron chi connectivity index (χ0n) is 14.2. The van der Waals surface area contributed by atoms with E-state index in [1.54, 1.807) is 23.1 Å². The van der Waals surface area contributed by atoms with Crippen LogP contribution < -0.4 is 19.7 Å². The van der Waals surface area contributed by atoms with Gasteiger partial charge in [0, 0.05) is 18.7 Å². The fraction of sp³-hybridized carbons (Fsp3) is 0.263. The Labute approximate surface area is 146 Å². The lowest BCUT2D eigenvalue weighted by Crippen LogP contribution is -2.37. The molecule has 6 nitrogen and oxygen atoms in total. The van der Waals surface area contributed by atoms with E-state index in [-0.39, 0.29) is 24.3 Å². The first-order chi connectivity index (χ1) is 12.1. The summed E-state index contributed by atoms with van der Waals surface area (Å²) in [6, 6.07) is 14.2. The summed E-state index contributed by atoms with van der Waals surface area (Å²) >= 11 is 0. The molecule has 1 N–H and O–H groups in total. The van der Waals surface area contributed by atoms with Crippen LogP contribution in [-0.4, -0.2) is 38.6 Å². The Morgan fingerprint density at radius 2 is 1.88 bits per heavy atom. The van der Waals surface area contributed by atoms with Crippen LogP contribution in [-0.2, 0) is 4.79 Å². The van der Waals surface area contributed by atoms with Crippen molar-refractivity contribution in [1.82, 2.24) is 5.32 Å². The van der Waals surface area contributed by atoms with E-state index in [0.29, 0.717) is 23.6 Å². The molecule has 0 bridgehead atoms. The predicted molar refractivity (Wildman–Crippen MR) is 94.2 cm³/mol. The smallest absolute Gasteiger partial charge is 0.255 e. The van der Waals surface area contributed by atoms with Crippen LogP contribution in [0.3, 0.4) is 0 Å². The molecule has 0 aliphatic carbocycles. The maximum atomic E-state index is 12.6. The monoisotopic (exact) mass is 340 g/mol. The normalized spacial score (nSPS) is 16.6. The zero-order valence-corrected chi connectivity index (χ0v) is 14.2. The maximum Gasteiger partial charge on any atom is 0.255 e. The molecular formula is C19H20N2O4. The summed E-state index contributed by atoms with van der Waals surface area (Å²) in [5.41, 5.74) is 1.22. The summed E-state index contributed by atoms with van der Waals surface area (Å²) in [5, 5.41) is 2.91. The number of carbonyl (C=O) groups excluding carboxylic acids is 2. The highest BCUT2D eigenvalue weighted by molar-refractivity contribution is 6.00. The standard InChI is InChI=1S/C19H20N2O4/c1-24-15-8-9-17(25-2)16(11-15)19(23)20-13-10-18(22)21(12-13)14-6-4-3-5-7-14/h3-9,11,13H,10,12H2,1-2H3,(H,20,23). The molecule has 25 heavy (non-hydrogen) atoms. The minimum Gasteiger partial charge on any atom is -0.497 e. The Morgan fingerprint density at radius 3 is 2.56 bits per heavy atom. The average Bonchev–Trinajstić information content (AvgIpc) is 3.01. The predicted octanol–water partition coefficient (Wildman–Crippen LogP) is 2.24. The van der Waals surface area contributed by atoms with Crippen molar-refractivity contribution in [3.8, 4) is 11.5 Å². The summed E-state index contributed by atoms with van der Waals surface area (Å²) in [6.45, 7) is 0.445. The van der Waals surface area contributed by atoms with E-state index in [4.69, 9.17) is 9.47 Å². The molecule has 1 fully saturated rings. The Bertz CT molecular complexity index is 776. The first-order valence-electron chi connectivity index (χ1n) is 8.00. The minimum atomic E-state index is -0.288. The van der Waals surface area contributed by atoms with Crippen LogP contribution in [0.5, 0.6) is 11.5 Å². The third-order valence-corrected chi connectivity index (χ3v) is 4.18. The molecule has 0 aromatic heterocycles. The lowest BCUT2D eigenvalue weighted by molar-refractivity contribution is -0.117. The second kappa shape index (κ2) is 7.25. The van der Waals surface area contributed by atoms with Crippen molar-refractivity contribution in [2.75, 3.05) is 25.7 Å². The van der Waals surface area contributed by atoms with E-state index in [0.717, 1.165) is 5.69 Å². The van der Waals surface area contributed by atoms with Crippen molar-refractivity contribution in [2.24, 2.45) is 0 Å². The summed E-state index contributed by atoms with van der Waals surface area (Å²) < 4.78 is 10.4. The van der Waals surface area contributed by atoms with Crippen LogP contribution >= 0.6 is 0 Å². The second-order valence-electron chi connectivity index (χ2n) is 5.78. The molecule has 6 heteroatoms. The number of amides is 2. The van der Waals surface area contributed by atoms with Crippen molar-refractivity contribution >= 4 is 17.5 Å². The van der Waals surface area contributed by atoms with Gasteiger partial charge in [0.1, 0.15) is 11.5 Å². The Morgan fingerprint density at radius 1 is 1.12 bits per heavy atom. The van der Waals surface area contributed by atoms with E-state index < -0.39 is 0 Å². The quantitative estimate of drug-likeness (QED) is 0.906. The van der Waals surface area contributed by atoms with Gasteiger partial charge >= 0.3 is 0 Å². The third kappa shape index (κ3) is 3.57. The van der Waals surface area contributed by atoms with Crippen LogP contribution in [0.25, 0.3) is 0 Å². The van der Waals surface area contributed by atoms with E-state index in [1.165, 1.54) is 14.2 Å².